The molecule has 0 aromatic heterocycles. The zero-order chi connectivity index (χ0) is 13.0. The van der Waals surface area contributed by atoms with Gasteiger partial charge in [-0.05, 0) is 43.0 Å². The first kappa shape index (κ1) is 13.4. The lowest BCUT2D eigenvalue weighted by molar-refractivity contribution is 0.349. The summed E-state index contributed by atoms with van der Waals surface area (Å²) in [4.78, 5) is 0. The van der Waals surface area contributed by atoms with Gasteiger partial charge in [-0.1, -0.05) is 37.2 Å². The van der Waals surface area contributed by atoms with E-state index in [0.717, 1.165) is 18.7 Å². The normalized spacial score (nSPS) is 18.2. The monoisotopic (exact) mass is 265 g/mol. The highest BCUT2D eigenvalue weighted by molar-refractivity contribution is 6.29. The molecule has 1 aromatic carbocycles. The minimum atomic E-state index is 0.379. The van der Waals surface area contributed by atoms with Gasteiger partial charge < -0.3 is 10.1 Å². The van der Waals surface area contributed by atoms with Crippen LogP contribution < -0.4 is 10.1 Å². The van der Waals surface area contributed by atoms with Crippen molar-refractivity contribution in [1.82, 2.24) is 5.32 Å². The van der Waals surface area contributed by atoms with Crippen molar-refractivity contribution >= 4 is 11.6 Å². The molecule has 1 N–H and O–H groups in total. The van der Waals surface area contributed by atoms with Crippen molar-refractivity contribution in [3.05, 3.63) is 40.9 Å². The molecule has 1 aliphatic rings. The Morgan fingerprint density at radius 2 is 2.39 bits per heavy atom. The van der Waals surface area contributed by atoms with E-state index in [-0.39, 0.29) is 0 Å². The molecule has 1 aromatic rings. The topological polar surface area (TPSA) is 21.3 Å². The molecule has 0 amide bonds. The maximum Gasteiger partial charge on any atom is 0.123 e. The molecule has 0 radical (unpaired) electrons. The third kappa shape index (κ3) is 3.06. The summed E-state index contributed by atoms with van der Waals surface area (Å²) in [5.74, 6) is 0.955. The van der Waals surface area contributed by atoms with Crippen molar-refractivity contribution in [3.8, 4) is 5.75 Å². The Kier molecular flexibility index (Phi) is 4.67. The van der Waals surface area contributed by atoms with Crippen LogP contribution in [0.2, 0.25) is 0 Å². The molecule has 2 rings (SSSR count). The Bertz CT molecular complexity index is 431. The van der Waals surface area contributed by atoms with Gasteiger partial charge in [-0.2, -0.15) is 0 Å². The summed E-state index contributed by atoms with van der Waals surface area (Å²) in [6.45, 7) is 7.17. The van der Waals surface area contributed by atoms with Crippen molar-refractivity contribution in [2.24, 2.45) is 0 Å². The number of benzene rings is 1. The van der Waals surface area contributed by atoms with E-state index >= 15 is 0 Å². The van der Waals surface area contributed by atoms with Crippen LogP contribution >= 0.6 is 11.6 Å². The van der Waals surface area contributed by atoms with E-state index in [9.17, 15) is 0 Å². The van der Waals surface area contributed by atoms with Gasteiger partial charge in [-0.15, -0.1) is 0 Å². The smallest absolute Gasteiger partial charge is 0.123 e. The molecule has 1 atom stereocenters. The second-order valence-electron chi connectivity index (χ2n) is 4.63. The van der Waals surface area contributed by atoms with Gasteiger partial charge in [0, 0.05) is 11.1 Å². The van der Waals surface area contributed by atoms with Gasteiger partial charge in [-0.3, -0.25) is 0 Å². The molecule has 0 saturated heterocycles. The predicted molar refractivity (Wildman–Crippen MR) is 76.3 cm³/mol. The number of hydrogen-bond acceptors (Lipinski definition) is 2. The Labute approximate surface area is 114 Å². The largest absolute Gasteiger partial charge is 0.488 e. The SMILES string of the molecule is C=C(Cl)COc1cccc2c1CCCC2NCC. The van der Waals surface area contributed by atoms with Crippen molar-refractivity contribution in [2.75, 3.05) is 13.2 Å². The molecule has 0 bridgehead atoms. The van der Waals surface area contributed by atoms with Crippen LogP contribution in [0.25, 0.3) is 0 Å². The molecule has 3 heteroatoms. The van der Waals surface area contributed by atoms with Crippen molar-refractivity contribution in [1.29, 1.82) is 0 Å². The summed E-state index contributed by atoms with van der Waals surface area (Å²) in [5.41, 5.74) is 2.70. The summed E-state index contributed by atoms with van der Waals surface area (Å²) in [6, 6.07) is 6.74. The minimum absolute atomic E-state index is 0.379. The fourth-order valence-electron chi connectivity index (χ4n) is 2.56. The average Bonchev–Trinajstić information content (AvgIpc) is 2.37. The molecular weight excluding hydrogens is 246 g/mol. The Morgan fingerprint density at radius 1 is 1.56 bits per heavy atom. The number of hydrogen-bond donors (Lipinski definition) is 1. The van der Waals surface area contributed by atoms with Crippen LogP contribution in [0.4, 0.5) is 0 Å². The molecule has 0 heterocycles. The number of ether oxygens (including phenoxy) is 1. The van der Waals surface area contributed by atoms with Crippen LogP contribution in [0.1, 0.15) is 36.9 Å². The third-order valence-electron chi connectivity index (χ3n) is 3.30. The van der Waals surface area contributed by atoms with Crippen LogP contribution in [-0.4, -0.2) is 13.2 Å². The zero-order valence-electron chi connectivity index (χ0n) is 10.8. The minimum Gasteiger partial charge on any atom is -0.488 e. The van der Waals surface area contributed by atoms with Gasteiger partial charge >= 0.3 is 0 Å². The Hall–Kier alpha value is -0.990. The molecular formula is C15H20ClNO. The summed E-state index contributed by atoms with van der Waals surface area (Å²) in [7, 11) is 0. The number of fused-ring (bicyclic) bond motifs is 1. The second-order valence-corrected chi connectivity index (χ2v) is 5.17. The first-order valence-corrected chi connectivity index (χ1v) is 6.91. The quantitative estimate of drug-likeness (QED) is 0.874. The lowest BCUT2D eigenvalue weighted by Crippen LogP contribution is -2.25. The van der Waals surface area contributed by atoms with Crippen LogP contribution in [0.3, 0.4) is 0 Å². The van der Waals surface area contributed by atoms with Gasteiger partial charge in [0.2, 0.25) is 0 Å². The summed E-state index contributed by atoms with van der Waals surface area (Å²) >= 11 is 5.76. The van der Waals surface area contributed by atoms with E-state index in [1.54, 1.807) is 0 Å². The fourth-order valence-corrected chi connectivity index (χ4v) is 2.62. The summed E-state index contributed by atoms with van der Waals surface area (Å²) in [5, 5.41) is 4.07. The van der Waals surface area contributed by atoms with Crippen LogP contribution in [-0.2, 0) is 6.42 Å². The molecule has 1 aliphatic carbocycles. The van der Waals surface area contributed by atoms with Gasteiger partial charge in [0.25, 0.3) is 0 Å². The van der Waals surface area contributed by atoms with Crippen molar-refractivity contribution in [3.63, 3.8) is 0 Å². The molecule has 0 fully saturated rings. The van der Waals surface area contributed by atoms with E-state index in [1.807, 2.05) is 6.07 Å². The molecule has 0 aliphatic heterocycles. The second kappa shape index (κ2) is 6.26. The van der Waals surface area contributed by atoms with Gasteiger partial charge in [0.1, 0.15) is 12.4 Å². The number of halogens is 1. The van der Waals surface area contributed by atoms with Gasteiger partial charge in [-0.25, -0.2) is 0 Å². The van der Waals surface area contributed by atoms with Crippen molar-refractivity contribution < 1.29 is 4.74 Å². The summed E-state index contributed by atoms with van der Waals surface area (Å²) in [6.07, 6.45) is 3.49. The first-order valence-electron chi connectivity index (χ1n) is 6.53. The van der Waals surface area contributed by atoms with Gasteiger partial charge in [0.05, 0.1) is 0 Å². The van der Waals surface area contributed by atoms with E-state index in [2.05, 4.69) is 31.0 Å². The lowest BCUT2D eigenvalue weighted by Gasteiger charge is -2.27. The number of rotatable bonds is 5. The molecule has 0 saturated carbocycles. The van der Waals surface area contributed by atoms with Crippen LogP contribution in [0.5, 0.6) is 5.75 Å². The third-order valence-corrected chi connectivity index (χ3v) is 3.41. The first-order chi connectivity index (χ1) is 8.72. The van der Waals surface area contributed by atoms with E-state index in [4.69, 9.17) is 16.3 Å². The standard InChI is InChI=1S/C15H20ClNO/c1-3-17-14-8-4-7-13-12(14)6-5-9-15(13)18-10-11(2)16/h5-6,9,14,17H,2-4,7-8,10H2,1H3. The maximum absolute atomic E-state index is 5.76. The molecule has 1 unspecified atom stereocenters. The predicted octanol–water partition coefficient (Wildman–Crippen LogP) is 3.80. The molecule has 98 valence electrons. The van der Waals surface area contributed by atoms with Crippen molar-refractivity contribution in [2.45, 2.75) is 32.2 Å². The number of nitrogens with one attached hydrogen (secondary N) is 1. The molecule has 2 nitrogen and oxygen atoms in total. The van der Waals surface area contributed by atoms with Crippen LogP contribution in [0.15, 0.2) is 29.8 Å². The van der Waals surface area contributed by atoms with Crippen LogP contribution in [0, 0.1) is 0 Å². The van der Waals surface area contributed by atoms with E-state index in [1.165, 1.54) is 24.0 Å². The van der Waals surface area contributed by atoms with E-state index in [0.29, 0.717) is 17.7 Å². The Morgan fingerprint density at radius 3 is 3.11 bits per heavy atom. The highest BCUT2D eigenvalue weighted by Gasteiger charge is 2.21. The fraction of sp³-hybridized carbons (Fsp3) is 0.467. The maximum atomic E-state index is 5.76. The Balaban J connectivity index is 2.22. The molecule has 0 spiro atoms. The molecule has 18 heavy (non-hydrogen) atoms. The lowest BCUT2D eigenvalue weighted by atomic mass is 9.87. The highest BCUT2D eigenvalue weighted by Crippen LogP contribution is 2.35. The zero-order valence-corrected chi connectivity index (χ0v) is 11.6. The average molecular weight is 266 g/mol. The van der Waals surface area contributed by atoms with Gasteiger partial charge in [0.15, 0.2) is 0 Å². The highest BCUT2D eigenvalue weighted by atomic mass is 35.5. The van der Waals surface area contributed by atoms with E-state index < -0.39 is 0 Å². The summed E-state index contributed by atoms with van der Waals surface area (Å²) < 4.78 is 5.73.